The van der Waals surface area contributed by atoms with E-state index in [1.807, 2.05) is 36.4 Å². The molecule has 0 radical (unpaired) electrons. The maximum Gasteiger partial charge on any atom is 0.160 e. The lowest BCUT2D eigenvalue weighted by atomic mass is 10.0. The summed E-state index contributed by atoms with van der Waals surface area (Å²) in [7, 11) is 0. The number of fused-ring (bicyclic) bond motifs is 8. The molecule has 5 heteroatoms. The first-order chi connectivity index (χ1) is 30.2. The van der Waals surface area contributed by atoms with Crippen LogP contribution in [0.1, 0.15) is 0 Å². The normalized spacial score (nSPS) is 11.6. The van der Waals surface area contributed by atoms with Crippen molar-refractivity contribution in [2.24, 2.45) is 0 Å². The van der Waals surface area contributed by atoms with E-state index in [1.54, 1.807) is 0 Å². The van der Waals surface area contributed by atoms with Gasteiger partial charge in [0.2, 0.25) is 0 Å². The summed E-state index contributed by atoms with van der Waals surface area (Å²) in [6.45, 7) is 0. The van der Waals surface area contributed by atoms with Gasteiger partial charge in [0.25, 0.3) is 0 Å². The molecule has 0 aliphatic rings. The molecule has 286 valence electrons. The van der Waals surface area contributed by atoms with Crippen molar-refractivity contribution in [2.75, 3.05) is 4.90 Å². The molecule has 12 rings (SSSR count). The monoisotopic (exact) mass is 780 g/mol. The molecule has 12 aromatic rings. The van der Waals surface area contributed by atoms with Crippen LogP contribution >= 0.6 is 0 Å². The maximum absolute atomic E-state index is 6.76. The van der Waals surface area contributed by atoms with E-state index in [1.165, 1.54) is 21.8 Å². The summed E-state index contributed by atoms with van der Waals surface area (Å²) >= 11 is 0. The van der Waals surface area contributed by atoms with Crippen molar-refractivity contribution in [1.82, 2.24) is 14.5 Å². The Morgan fingerprint density at radius 1 is 0.377 bits per heavy atom. The fraction of sp³-hybridized carbons (Fsp3) is 0. The quantitative estimate of drug-likeness (QED) is 0.162. The molecule has 0 aliphatic heterocycles. The summed E-state index contributed by atoms with van der Waals surface area (Å²) in [6.07, 6.45) is 0. The Hall–Kier alpha value is -8.28. The van der Waals surface area contributed by atoms with Crippen LogP contribution in [0.4, 0.5) is 17.1 Å². The number of furan rings is 1. The second-order valence-electron chi connectivity index (χ2n) is 15.4. The van der Waals surface area contributed by atoms with E-state index in [9.17, 15) is 0 Å². The Morgan fingerprint density at radius 3 is 1.59 bits per heavy atom. The Kier molecular flexibility index (Phi) is 8.10. The van der Waals surface area contributed by atoms with Crippen LogP contribution in [-0.2, 0) is 0 Å². The smallest absolute Gasteiger partial charge is 0.160 e. The first-order valence-electron chi connectivity index (χ1n) is 20.6. The molecule has 0 N–H and O–H groups in total. The van der Waals surface area contributed by atoms with Gasteiger partial charge in [-0.1, -0.05) is 140 Å². The molecular formula is C56H36N4O. The third kappa shape index (κ3) is 5.86. The minimum Gasteiger partial charge on any atom is -0.455 e. The second-order valence-corrected chi connectivity index (χ2v) is 15.4. The van der Waals surface area contributed by atoms with Gasteiger partial charge in [0, 0.05) is 66.1 Å². The molecule has 0 unspecified atom stereocenters. The summed E-state index contributed by atoms with van der Waals surface area (Å²) < 4.78 is 9.12. The number of hydrogen-bond acceptors (Lipinski definition) is 4. The van der Waals surface area contributed by atoms with E-state index in [0.29, 0.717) is 5.82 Å². The molecule has 0 saturated carbocycles. The molecule has 5 nitrogen and oxygen atoms in total. The maximum atomic E-state index is 6.76. The largest absolute Gasteiger partial charge is 0.455 e. The predicted octanol–water partition coefficient (Wildman–Crippen LogP) is 15.1. The molecule has 0 aliphatic carbocycles. The number of aromatic nitrogens is 3. The van der Waals surface area contributed by atoms with Crippen LogP contribution in [0.25, 0.3) is 94.1 Å². The minimum absolute atomic E-state index is 0.685. The van der Waals surface area contributed by atoms with Gasteiger partial charge in [0.1, 0.15) is 11.2 Å². The van der Waals surface area contributed by atoms with Crippen molar-refractivity contribution in [3.8, 4) is 39.6 Å². The lowest BCUT2D eigenvalue weighted by Gasteiger charge is -2.27. The molecule has 0 amide bonds. The summed E-state index contributed by atoms with van der Waals surface area (Å²) in [4.78, 5) is 12.6. The van der Waals surface area contributed by atoms with Gasteiger partial charge < -0.3 is 13.9 Å². The van der Waals surface area contributed by atoms with Gasteiger partial charge in [-0.15, -0.1) is 0 Å². The van der Waals surface area contributed by atoms with Gasteiger partial charge in [-0.3, -0.25) is 0 Å². The van der Waals surface area contributed by atoms with Crippen molar-refractivity contribution >= 4 is 71.6 Å². The van der Waals surface area contributed by atoms with E-state index in [2.05, 4.69) is 191 Å². The van der Waals surface area contributed by atoms with Crippen LogP contribution < -0.4 is 4.90 Å². The van der Waals surface area contributed by atoms with E-state index in [4.69, 9.17) is 14.4 Å². The molecular weight excluding hydrogens is 745 g/mol. The SMILES string of the molecule is c1ccc(-c2cc(-c3ccc4oc5c6ccccc6c(N(c6ccccc6)c6ccc(-n7c8ccccc8c8ccccc87)cc6)cc5c4c3)nc(-c3ccccc3)n2)cc1. The molecule has 0 spiro atoms. The van der Waals surface area contributed by atoms with Crippen LogP contribution in [0, 0.1) is 0 Å². The van der Waals surface area contributed by atoms with E-state index in [0.717, 1.165) is 83.5 Å². The van der Waals surface area contributed by atoms with Crippen molar-refractivity contribution < 1.29 is 4.42 Å². The highest BCUT2D eigenvalue weighted by Gasteiger charge is 2.22. The Morgan fingerprint density at radius 2 is 0.918 bits per heavy atom. The Bertz CT molecular complexity index is 3460. The zero-order valence-electron chi connectivity index (χ0n) is 33.0. The Balaban J connectivity index is 1.04. The number of para-hydroxylation sites is 3. The topological polar surface area (TPSA) is 47.1 Å². The van der Waals surface area contributed by atoms with Gasteiger partial charge >= 0.3 is 0 Å². The summed E-state index contributed by atoms with van der Waals surface area (Å²) in [5.74, 6) is 0.685. The molecule has 0 fully saturated rings. The van der Waals surface area contributed by atoms with Crippen molar-refractivity contribution in [1.29, 1.82) is 0 Å². The van der Waals surface area contributed by atoms with Crippen molar-refractivity contribution in [2.45, 2.75) is 0 Å². The van der Waals surface area contributed by atoms with E-state index >= 15 is 0 Å². The molecule has 3 heterocycles. The highest BCUT2D eigenvalue weighted by atomic mass is 16.3. The average Bonchev–Trinajstić information content (AvgIpc) is 3.88. The third-order valence-electron chi connectivity index (χ3n) is 11.8. The summed E-state index contributed by atoms with van der Waals surface area (Å²) in [5, 5.41) is 6.70. The highest BCUT2D eigenvalue weighted by Crippen LogP contribution is 2.45. The lowest BCUT2D eigenvalue weighted by Crippen LogP contribution is -2.10. The number of nitrogens with zero attached hydrogens (tertiary/aromatic N) is 4. The van der Waals surface area contributed by atoms with Crippen LogP contribution in [0.3, 0.4) is 0 Å². The molecule has 0 saturated heterocycles. The zero-order valence-corrected chi connectivity index (χ0v) is 33.0. The first-order valence-corrected chi connectivity index (χ1v) is 20.6. The third-order valence-corrected chi connectivity index (χ3v) is 11.8. The van der Waals surface area contributed by atoms with Crippen LogP contribution in [0.5, 0.6) is 0 Å². The van der Waals surface area contributed by atoms with Crippen LogP contribution in [0.2, 0.25) is 0 Å². The van der Waals surface area contributed by atoms with E-state index in [-0.39, 0.29) is 0 Å². The average molecular weight is 781 g/mol. The van der Waals surface area contributed by atoms with Gasteiger partial charge in [0.05, 0.1) is 28.1 Å². The molecule has 61 heavy (non-hydrogen) atoms. The van der Waals surface area contributed by atoms with Crippen molar-refractivity contribution in [3.63, 3.8) is 0 Å². The molecule has 3 aromatic heterocycles. The molecule has 9 aromatic carbocycles. The van der Waals surface area contributed by atoms with Gasteiger partial charge in [-0.05, 0) is 78.9 Å². The summed E-state index contributed by atoms with van der Waals surface area (Å²) in [5.41, 5.74) is 13.1. The number of benzene rings is 9. The summed E-state index contributed by atoms with van der Waals surface area (Å²) in [6, 6.07) is 76.7. The fourth-order valence-electron chi connectivity index (χ4n) is 8.95. The minimum atomic E-state index is 0.685. The lowest BCUT2D eigenvalue weighted by molar-refractivity contribution is 0.672. The number of anilines is 3. The van der Waals surface area contributed by atoms with Gasteiger partial charge in [-0.25, -0.2) is 9.97 Å². The molecule has 0 atom stereocenters. The first kappa shape index (κ1) is 34.7. The fourth-order valence-corrected chi connectivity index (χ4v) is 8.95. The highest BCUT2D eigenvalue weighted by molar-refractivity contribution is 6.20. The second kappa shape index (κ2) is 14.2. The predicted molar refractivity (Wildman–Crippen MR) is 252 cm³/mol. The van der Waals surface area contributed by atoms with Crippen LogP contribution in [-0.4, -0.2) is 14.5 Å². The van der Waals surface area contributed by atoms with Crippen LogP contribution in [0.15, 0.2) is 223 Å². The van der Waals surface area contributed by atoms with Gasteiger partial charge in [0.15, 0.2) is 5.82 Å². The molecule has 0 bridgehead atoms. The Labute approximate surface area is 352 Å². The number of hydrogen-bond donors (Lipinski definition) is 0. The zero-order chi connectivity index (χ0) is 40.3. The number of rotatable bonds is 7. The van der Waals surface area contributed by atoms with Gasteiger partial charge in [-0.2, -0.15) is 0 Å². The van der Waals surface area contributed by atoms with Crippen molar-refractivity contribution in [3.05, 3.63) is 218 Å². The standard InChI is InChI=1S/C56H36N4O/c1-4-16-37(17-5-1)49-36-50(58-56(57-49)38-18-6-2-7-19-38)39-28-33-54-47(34-39)48-35-53(45-24-10-11-25-46(45)55(48)61-54)59(40-20-8-3-9-21-40)41-29-31-42(32-30-41)60-51-26-14-12-22-43(51)44-23-13-15-27-52(44)60/h1-36H. The van der Waals surface area contributed by atoms with E-state index < -0.39 is 0 Å².